The van der Waals surface area contributed by atoms with Crippen molar-refractivity contribution >= 4 is 35.8 Å². The number of carbonyl (C=O) groups excluding carboxylic acids is 1. The summed E-state index contributed by atoms with van der Waals surface area (Å²) in [4.78, 5) is 17.8. The van der Waals surface area contributed by atoms with E-state index in [4.69, 9.17) is 13.7 Å². The topological polar surface area (TPSA) is 104 Å². The fourth-order valence-electron chi connectivity index (χ4n) is 6.07. The predicted molar refractivity (Wildman–Crippen MR) is 186 cm³/mol. The lowest BCUT2D eigenvalue weighted by atomic mass is 10.1. The van der Waals surface area contributed by atoms with Gasteiger partial charge < -0.3 is 19.0 Å². The second kappa shape index (κ2) is 13.7. The molecule has 0 aliphatic rings. The van der Waals surface area contributed by atoms with Crippen LogP contribution in [0.5, 0.6) is 5.75 Å². The molecule has 0 saturated carbocycles. The molecule has 6 rings (SSSR count). The van der Waals surface area contributed by atoms with Gasteiger partial charge in [-0.3, -0.25) is 4.79 Å². The summed E-state index contributed by atoms with van der Waals surface area (Å²) in [7, 11) is -1.72. The van der Waals surface area contributed by atoms with Crippen LogP contribution in [0.25, 0.3) is 17.0 Å². The maximum atomic E-state index is 14.9. The van der Waals surface area contributed by atoms with Gasteiger partial charge in [0.05, 0.1) is 30.6 Å². The van der Waals surface area contributed by atoms with E-state index in [0.717, 1.165) is 15.9 Å². The van der Waals surface area contributed by atoms with Gasteiger partial charge in [0, 0.05) is 17.7 Å². The summed E-state index contributed by atoms with van der Waals surface area (Å²) in [5, 5.41) is 12.6. The van der Waals surface area contributed by atoms with E-state index in [1.54, 1.807) is 42.1 Å². The van der Waals surface area contributed by atoms with Crippen LogP contribution in [0.1, 0.15) is 42.5 Å². The molecule has 6 aromatic rings. The number of pyridine rings is 1. The van der Waals surface area contributed by atoms with Crippen molar-refractivity contribution in [1.82, 2.24) is 19.8 Å². The van der Waals surface area contributed by atoms with Crippen LogP contribution >= 0.6 is 0 Å². The molecule has 9 nitrogen and oxygen atoms in total. The summed E-state index contributed by atoms with van der Waals surface area (Å²) in [6, 6.07) is 28.1. The average molecular weight is 682 g/mol. The molecule has 0 saturated heterocycles. The van der Waals surface area contributed by atoms with E-state index in [0.29, 0.717) is 28.1 Å². The van der Waals surface area contributed by atoms with Crippen LogP contribution in [0.4, 0.5) is 14.5 Å². The third-order valence-corrected chi connectivity index (χ3v) is 13.6. The first-order valence-electron chi connectivity index (χ1n) is 15.8. The number of rotatable bonds is 11. The molecule has 0 bridgehead atoms. The van der Waals surface area contributed by atoms with Gasteiger partial charge in [0.15, 0.2) is 5.82 Å². The van der Waals surface area contributed by atoms with Gasteiger partial charge in [-0.05, 0) is 52.2 Å². The largest absolute Gasteiger partial charge is 0.495 e. The number of hydrogen-bond donors (Lipinski definition) is 1. The zero-order valence-electron chi connectivity index (χ0n) is 27.9. The number of alkyl halides is 2. The SMILES string of the molecule is COc1ccc2c(C(=O)Nc3cc(-c4nc(CC(O[Si](c5ccccc5)(c5ccccc5)C(C)(C)C)C(F)F)no4)ccc3C)cnn2c1. The van der Waals surface area contributed by atoms with Gasteiger partial charge >= 0.3 is 0 Å². The number of nitrogens with one attached hydrogen (secondary N) is 1. The molecule has 0 aliphatic heterocycles. The zero-order valence-corrected chi connectivity index (χ0v) is 28.9. The number of halogens is 2. The van der Waals surface area contributed by atoms with E-state index >= 15 is 0 Å². The number of ether oxygens (including phenoxy) is 1. The molecule has 0 aliphatic carbocycles. The van der Waals surface area contributed by atoms with Gasteiger partial charge in [-0.1, -0.05) is 92.7 Å². The van der Waals surface area contributed by atoms with Crippen molar-refractivity contribution in [3.05, 3.63) is 120 Å². The smallest absolute Gasteiger partial charge is 0.263 e. The Morgan fingerprint density at radius 1 is 0.980 bits per heavy atom. The Bertz CT molecular complexity index is 2020. The first kappa shape index (κ1) is 33.7. The molecule has 1 unspecified atom stereocenters. The highest BCUT2D eigenvalue weighted by molar-refractivity contribution is 6.99. The number of aromatic nitrogens is 4. The highest BCUT2D eigenvalue weighted by Gasteiger charge is 2.52. The molecule has 0 radical (unpaired) electrons. The number of carbonyl (C=O) groups is 1. The highest BCUT2D eigenvalue weighted by Crippen LogP contribution is 2.38. The quantitative estimate of drug-likeness (QED) is 0.152. The molecule has 1 atom stereocenters. The molecular weight excluding hydrogens is 645 g/mol. The summed E-state index contributed by atoms with van der Waals surface area (Å²) in [5.41, 5.74) is 2.83. The fourth-order valence-corrected chi connectivity index (χ4v) is 10.7. The zero-order chi connectivity index (χ0) is 34.8. The Morgan fingerprint density at radius 3 is 2.27 bits per heavy atom. The van der Waals surface area contributed by atoms with Crippen LogP contribution in [0.3, 0.4) is 0 Å². The Morgan fingerprint density at radius 2 is 1.65 bits per heavy atom. The molecular formula is C37H37F2N5O4Si. The predicted octanol–water partition coefficient (Wildman–Crippen LogP) is 6.71. The number of aryl methyl sites for hydroxylation is 1. The maximum Gasteiger partial charge on any atom is 0.263 e. The lowest BCUT2D eigenvalue weighted by Gasteiger charge is -2.45. The molecule has 1 N–H and O–H groups in total. The lowest BCUT2D eigenvalue weighted by Crippen LogP contribution is -2.68. The van der Waals surface area contributed by atoms with E-state index in [9.17, 15) is 13.6 Å². The lowest BCUT2D eigenvalue weighted by molar-refractivity contribution is 0.00506. The maximum absolute atomic E-state index is 14.9. The molecule has 49 heavy (non-hydrogen) atoms. The van der Waals surface area contributed by atoms with Crippen LogP contribution in [0.15, 0.2) is 108 Å². The van der Waals surface area contributed by atoms with Crippen molar-refractivity contribution in [2.75, 3.05) is 12.4 Å². The van der Waals surface area contributed by atoms with E-state index in [2.05, 4.69) is 20.6 Å². The Kier molecular flexibility index (Phi) is 9.44. The summed E-state index contributed by atoms with van der Waals surface area (Å²) >= 11 is 0. The van der Waals surface area contributed by atoms with Gasteiger partial charge in [-0.2, -0.15) is 10.1 Å². The molecule has 0 spiro atoms. The minimum atomic E-state index is -3.28. The number of hydrogen-bond acceptors (Lipinski definition) is 7. The number of anilines is 1. The molecule has 3 aromatic carbocycles. The minimum Gasteiger partial charge on any atom is -0.495 e. The summed E-state index contributed by atoms with van der Waals surface area (Å²) in [6.07, 6.45) is -1.41. The normalized spacial score (nSPS) is 12.7. The number of benzene rings is 3. The first-order chi connectivity index (χ1) is 23.5. The Hall–Kier alpha value is -5.20. The monoisotopic (exact) mass is 681 g/mol. The van der Waals surface area contributed by atoms with Crippen LogP contribution < -0.4 is 20.4 Å². The van der Waals surface area contributed by atoms with Crippen molar-refractivity contribution in [3.8, 4) is 17.2 Å². The van der Waals surface area contributed by atoms with E-state index < -0.39 is 25.9 Å². The number of fused-ring (bicyclic) bond motifs is 1. The number of nitrogens with zero attached hydrogens (tertiary/aromatic N) is 4. The van der Waals surface area contributed by atoms with Crippen molar-refractivity contribution in [2.45, 2.75) is 51.7 Å². The van der Waals surface area contributed by atoms with Crippen molar-refractivity contribution in [1.29, 1.82) is 0 Å². The van der Waals surface area contributed by atoms with Gasteiger partial charge in [-0.25, -0.2) is 13.3 Å². The van der Waals surface area contributed by atoms with Crippen LogP contribution in [0.2, 0.25) is 5.04 Å². The van der Waals surface area contributed by atoms with Crippen LogP contribution in [0, 0.1) is 6.92 Å². The molecule has 252 valence electrons. The highest BCUT2D eigenvalue weighted by atomic mass is 28.4. The summed E-state index contributed by atoms with van der Waals surface area (Å²) in [5.74, 6) is 0.476. The standard InChI is InChI=1S/C37H37F2N5O4Si/c1-24-16-17-25(20-30(24)41-35(45)29-22-40-44-23-26(46-5)18-19-31(29)44)36-42-33(43-47-36)21-32(34(38)39)48-49(37(2,3)4,27-12-8-6-9-13-27)28-14-10-7-11-15-28/h6-20,22-23,32,34H,21H2,1-5H3,(H,41,45). The molecule has 12 heteroatoms. The number of amides is 1. The minimum absolute atomic E-state index is 0.0891. The van der Waals surface area contributed by atoms with E-state index in [1.807, 2.05) is 94.4 Å². The third kappa shape index (κ3) is 6.74. The first-order valence-corrected chi connectivity index (χ1v) is 17.7. The Labute approximate surface area is 284 Å². The second-order valence-electron chi connectivity index (χ2n) is 12.8. The molecule has 3 heterocycles. The molecule has 0 fully saturated rings. The van der Waals surface area contributed by atoms with Crippen LogP contribution in [-0.2, 0) is 10.8 Å². The third-order valence-electron chi connectivity index (χ3n) is 8.58. The van der Waals surface area contributed by atoms with Gasteiger partial charge in [0.1, 0.15) is 11.9 Å². The van der Waals surface area contributed by atoms with E-state index in [-0.39, 0.29) is 24.0 Å². The van der Waals surface area contributed by atoms with Crippen molar-refractivity contribution in [3.63, 3.8) is 0 Å². The van der Waals surface area contributed by atoms with Gasteiger partial charge in [0.25, 0.3) is 26.5 Å². The average Bonchev–Trinajstić information content (AvgIpc) is 3.75. The second-order valence-corrected chi connectivity index (χ2v) is 17.1. The van der Waals surface area contributed by atoms with Gasteiger partial charge in [-0.15, -0.1) is 0 Å². The molecule has 3 aromatic heterocycles. The van der Waals surface area contributed by atoms with E-state index in [1.165, 1.54) is 6.20 Å². The van der Waals surface area contributed by atoms with Crippen molar-refractivity contribution < 1.29 is 27.3 Å². The molecule has 1 amide bonds. The van der Waals surface area contributed by atoms with Crippen LogP contribution in [-0.4, -0.2) is 53.6 Å². The fraction of sp³-hybridized carbons (Fsp3) is 0.243. The van der Waals surface area contributed by atoms with Crippen molar-refractivity contribution in [2.24, 2.45) is 0 Å². The van der Waals surface area contributed by atoms with Gasteiger partial charge in [0.2, 0.25) is 0 Å². The summed E-state index contributed by atoms with van der Waals surface area (Å²) in [6.45, 7) is 7.97. The Balaban J connectivity index is 1.26. The summed E-state index contributed by atoms with van der Waals surface area (Å²) < 4.78 is 48.9. The number of methoxy groups -OCH3 is 1.